The highest BCUT2D eigenvalue weighted by molar-refractivity contribution is 6.32. The predicted molar refractivity (Wildman–Crippen MR) is 58.9 cm³/mol. The zero-order valence-corrected chi connectivity index (χ0v) is 9.86. The fraction of sp³-hybridized carbons (Fsp3) is 0.455. The van der Waals surface area contributed by atoms with E-state index in [1.807, 2.05) is 0 Å². The fourth-order valence-electron chi connectivity index (χ4n) is 1.79. The van der Waals surface area contributed by atoms with E-state index in [0.717, 1.165) is 18.6 Å². The van der Waals surface area contributed by atoms with Crippen LogP contribution in [0.2, 0.25) is 5.02 Å². The van der Waals surface area contributed by atoms with Crippen molar-refractivity contribution in [2.24, 2.45) is 5.92 Å². The molecule has 0 amide bonds. The molecule has 88 valence electrons. The maximum Gasteiger partial charge on any atom is 0.160 e. The van der Waals surface area contributed by atoms with Crippen molar-refractivity contribution in [3.8, 4) is 0 Å². The molecule has 0 spiro atoms. The minimum Gasteiger partial charge on any atom is -0.381 e. The number of rotatable bonds is 2. The Labute approximate surface area is 102 Å². The molecule has 0 aromatic heterocycles. The third kappa shape index (κ3) is 2.31. The maximum absolute atomic E-state index is 13.1. The first-order chi connectivity index (χ1) is 7.59. The molecular weight excluding hydrogens is 257 g/mol. The van der Waals surface area contributed by atoms with E-state index in [0.29, 0.717) is 18.8 Å². The summed E-state index contributed by atoms with van der Waals surface area (Å²) < 4.78 is 31.2. The van der Waals surface area contributed by atoms with E-state index in [9.17, 15) is 8.78 Å². The minimum atomic E-state index is -0.958. The molecule has 16 heavy (non-hydrogen) atoms. The Balaban J connectivity index is 2.28. The molecule has 1 aromatic rings. The second kappa shape index (κ2) is 4.86. The molecule has 2 atom stereocenters. The molecule has 1 heterocycles. The highest BCUT2D eigenvalue weighted by Gasteiger charge is 2.27. The van der Waals surface area contributed by atoms with Crippen molar-refractivity contribution >= 4 is 23.2 Å². The summed E-state index contributed by atoms with van der Waals surface area (Å²) in [5.74, 6) is -1.78. The normalized spacial score (nSPS) is 22.4. The third-order valence-corrected chi connectivity index (χ3v) is 3.63. The molecule has 1 aliphatic heterocycles. The predicted octanol–water partition coefficient (Wildman–Crippen LogP) is 3.93. The van der Waals surface area contributed by atoms with Crippen molar-refractivity contribution < 1.29 is 13.5 Å². The van der Waals surface area contributed by atoms with Crippen LogP contribution in [0, 0.1) is 17.6 Å². The van der Waals surface area contributed by atoms with Crippen LogP contribution in [-0.4, -0.2) is 13.2 Å². The molecule has 0 bridgehead atoms. The van der Waals surface area contributed by atoms with Crippen molar-refractivity contribution in [2.75, 3.05) is 13.2 Å². The number of hydrogen-bond donors (Lipinski definition) is 0. The molecule has 0 radical (unpaired) electrons. The van der Waals surface area contributed by atoms with Gasteiger partial charge < -0.3 is 4.74 Å². The Hall–Kier alpha value is -0.380. The van der Waals surface area contributed by atoms with Crippen LogP contribution in [-0.2, 0) is 4.74 Å². The quantitative estimate of drug-likeness (QED) is 0.582. The first-order valence-corrected chi connectivity index (χ1v) is 5.77. The van der Waals surface area contributed by atoms with Gasteiger partial charge in [0, 0.05) is 17.5 Å². The van der Waals surface area contributed by atoms with Crippen LogP contribution in [0.3, 0.4) is 0 Å². The lowest BCUT2D eigenvalue weighted by Crippen LogP contribution is -2.09. The lowest BCUT2D eigenvalue weighted by atomic mass is 9.98. The lowest BCUT2D eigenvalue weighted by molar-refractivity contribution is 0.185. The van der Waals surface area contributed by atoms with Crippen molar-refractivity contribution in [3.05, 3.63) is 34.4 Å². The number of hydrogen-bond acceptors (Lipinski definition) is 1. The summed E-state index contributed by atoms with van der Waals surface area (Å²) in [6.07, 6.45) is 0.809. The van der Waals surface area contributed by atoms with E-state index in [-0.39, 0.29) is 10.9 Å². The molecule has 5 heteroatoms. The van der Waals surface area contributed by atoms with Crippen LogP contribution in [0.15, 0.2) is 12.1 Å². The summed E-state index contributed by atoms with van der Waals surface area (Å²) in [7, 11) is 0. The minimum absolute atomic E-state index is 0.101. The molecular formula is C11H10Cl2F2O. The van der Waals surface area contributed by atoms with Gasteiger partial charge in [0.15, 0.2) is 11.6 Å². The van der Waals surface area contributed by atoms with E-state index < -0.39 is 17.0 Å². The molecule has 0 aliphatic carbocycles. The van der Waals surface area contributed by atoms with Gasteiger partial charge in [-0.2, -0.15) is 0 Å². The van der Waals surface area contributed by atoms with Crippen LogP contribution >= 0.6 is 23.2 Å². The number of halogens is 4. The second-order valence-corrected chi connectivity index (χ2v) is 4.69. The molecule has 0 N–H and O–H groups in total. The van der Waals surface area contributed by atoms with Gasteiger partial charge in [0.1, 0.15) is 0 Å². The molecule has 1 aromatic carbocycles. The van der Waals surface area contributed by atoms with Gasteiger partial charge >= 0.3 is 0 Å². The first-order valence-electron chi connectivity index (χ1n) is 4.96. The van der Waals surface area contributed by atoms with Crippen LogP contribution in [0.1, 0.15) is 17.4 Å². The van der Waals surface area contributed by atoms with Gasteiger partial charge in [0.25, 0.3) is 0 Å². The highest BCUT2D eigenvalue weighted by Crippen LogP contribution is 2.38. The molecule has 2 unspecified atom stereocenters. The molecule has 1 nitrogen and oxygen atoms in total. The number of benzene rings is 1. The van der Waals surface area contributed by atoms with Gasteiger partial charge in [0.2, 0.25) is 0 Å². The monoisotopic (exact) mass is 266 g/mol. The smallest absolute Gasteiger partial charge is 0.160 e. The largest absolute Gasteiger partial charge is 0.381 e. The van der Waals surface area contributed by atoms with E-state index in [4.69, 9.17) is 27.9 Å². The maximum atomic E-state index is 13.1. The Kier molecular flexibility index (Phi) is 3.67. The van der Waals surface area contributed by atoms with Gasteiger partial charge in [-0.25, -0.2) is 8.78 Å². The average molecular weight is 267 g/mol. The standard InChI is InChI=1S/C11H10Cl2F2O/c12-8-4-10(15)9(14)3-7(8)11(13)6-1-2-16-5-6/h3-4,6,11H,1-2,5H2. The second-order valence-electron chi connectivity index (χ2n) is 3.81. The molecule has 1 aliphatic rings. The van der Waals surface area contributed by atoms with Crippen molar-refractivity contribution in [3.63, 3.8) is 0 Å². The van der Waals surface area contributed by atoms with Crippen LogP contribution < -0.4 is 0 Å². The van der Waals surface area contributed by atoms with Gasteiger partial charge in [-0.05, 0) is 24.1 Å². The van der Waals surface area contributed by atoms with Crippen molar-refractivity contribution in [2.45, 2.75) is 11.8 Å². The SMILES string of the molecule is Fc1cc(Cl)c(C(Cl)C2CCOC2)cc1F. The van der Waals surface area contributed by atoms with Gasteiger partial charge in [-0.3, -0.25) is 0 Å². The Bertz CT molecular complexity index is 392. The summed E-state index contributed by atoms with van der Waals surface area (Å²) in [5.41, 5.74) is 0.428. The Morgan fingerprint density at radius 3 is 2.62 bits per heavy atom. The van der Waals surface area contributed by atoms with Crippen LogP contribution in [0.25, 0.3) is 0 Å². The van der Waals surface area contributed by atoms with Crippen molar-refractivity contribution in [1.29, 1.82) is 0 Å². The number of alkyl halides is 1. The van der Waals surface area contributed by atoms with Crippen LogP contribution in [0.4, 0.5) is 8.78 Å². The lowest BCUT2D eigenvalue weighted by Gasteiger charge is -2.17. The summed E-state index contributed by atoms with van der Waals surface area (Å²) >= 11 is 12.0. The fourth-order valence-corrected chi connectivity index (χ4v) is 2.49. The van der Waals surface area contributed by atoms with E-state index >= 15 is 0 Å². The first kappa shape index (κ1) is 12.1. The highest BCUT2D eigenvalue weighted by atomic mass is 35.5. The van der Waals surface area contributed by atoms with E-state index in [2.05, 4.69) is 0 Å². The number of ether oxygens (including phenoxy) is 1. The van der Waals surface area contributed by atoms with Gasteiger partial charge in [0.05, 0.1) is 12.0 Å². The zero-order valence-electron chi connectivity index (χ0n) is 8.35. The Morgan fingerprint density at radius 1 is 1.31 bits per heavy atom. The van der Waals surface area contributed by atoms with Gasteiger partial charge in [-0.1, -0.05) is 11.6 Å². The van der Waals surface area contributed by atoms with Crippen molar-refractivity contribution in [1.82, 2.24) is 0 Å². The summed E-state index contributed by atoms with van der Waals surface area (Å²) in [6, 6.07) is 2.02. The molecule has 1 fully saturated rings. The van der Waals surface area contributed by atoms with E-state index in [1.165, 1.54) is 0 Å². The topological polar surface area (TPSA) is 9.23 Å². The van der Waals surface area contributed by atoms with E-state index in [1.54, 1.807) is 0 Å². The zero-order chi connectivity index (χ0) is 11.7. The molecule has 1 saturated heterocycles. The van der Waals surface area contributed by atoms with Crippen LogP contribution in [0.5, 0.6) is 0 Å². The third-order valence-electron chi connectivity index (χ3n) is 2.72. The average Bonchev–Trinajstić information content (AvgIpc) is 2.75. The summed E-state index contributed by atoms with van der Waals surface area (Å²) in [4.78, 5) is 0. The Morgan fingerprint density at radius 2 is 2.00 bits per heavy atom. The van der Waals surface area contributed by atoms with Gasteiger partial charge in [-0.15, -0.1) is 11.6 Å². The molecule has 2 rings (SSSR count). The summed E-state index contributed by atoms with van der Waals surface area (Å²) in [5, 5.41) is -0.282. The summed E-state index contributed by atoms with van der Waals surface area (Å²) in [6.45, 7) is 1.18. The molecule has 0 saturated carbocycles.